The largest absolute Gasteiger partial charge is 0.369 e. The van der Waals surface area contributed by atoms with Crippen LogP contribution in [0.3, 0.4) is 0 Å². The summed E-state index contributed by atoms with van der Waals surface area (Å²) in [6.45, 7) is 4.51. The van der Waals surface area contributed by atoms with E-state index in [4.69, 9.17) is 11.6 Å². The van der Waals surface area contributed by atoms with Crippen molar-refractivity contribution in [3.63, 3.8) is 0 Å². The van der Waals surface area contributed by atoms with Crippen LogP contribution in [0.4, 0.5) is 5.82 Å². The third-order valence-corrected chi connectivity index (χ3v) is 3.36. The summed E-state index contributed by atoms with van der Waals surface area (Å²) in [5.41, 5.74) is 0. The maximum absolute atomic E-state index is 5.83. The molecule has 3 nitrogen and oxygen atoms in total. The molecule has 2 heterocycles. The first kappa shape index (κ1) is 12.7. The summed E-state index contributed by atoms with van der Waals surface area (Å²) < 4.78 is 0. The molecule has 1 aromatic rings. The topological polar surface area (TPSA) is 28.2 Å². The molecule has 1 aliphatic heterocycles. The molecule has 0 spiro atoms. The van der Waals surface area contributed by atoms with Crippen LogP contribution in [-0.4, -0.2) is 36.1 Å². The lowest BCUT2D eigenvalue weighted by molar-refractivity contribution is 0.296. The fourth-order valence-corrected chi connectivity index (χ4v) is 2.37. The van der Waals surface area contributed by atoms with E-state index in [0.717, 1.165) is 18.9 Å². The summed E-state index contributed by atoms with van der Waals surface area (Å²) >= 11 is 5.83. The first-order valence-electron chi connectivity index (χ1n) is 6.43. The average molecular weight is 254 g/mol. The number of hydrogen-bond acceptors (Lipinski definition) is 3. The molecule has 0 amide bonds. The van der Waals surface area contributed by atoms with Crippen LogP contribution in [0.25, 0.3) is 0 Å². The average Bonchev–Trinajstić information content (AvgIpc) is 2.58. The van der Waals surface area contributed by atoms with E-state index in [1.165, 1.54) is 38.8 Å². The smallest absolute Gasteiger partial charge is 0.131 e. The quantitative estimate of drug-likeness (QED) is 0.836. The van der Waals surface area contributed by atoms with Gasteiger partial charge in [0.25, 0.3) is 0 Å². The van der Waals surface area contributed by atoms with E-state index in [0.29, 0.717) is 5.15 Å². The number of halogens is 1. The van der Waals surface area contributed by atoms with Gasteiger partial charge >= 0.3 is 0 Å². The minimum Gasteiger partial charge on any atom is -0.369 e. The Morgan fingerprint density at radius 1 is 1.18 bits per heavy atom. The van der Waals surface area contributed by atoms with Crippen LogP contribution in [0, 0.1) is 0 Å². The van der Waals surface area contributed by atoms with Gasteiger partial charge < -0.3 is 10.2 Å². The van der Waals surface area contributed by atoms with Gasteiger partial charge in [-0.2, -0.15) is 0 Å². The highest BCUT2D eigenvalue weighted by atomic mass is 35.5. The number of aromatic nitrogens is 1. The Morgan fingerprint density at radius 2 is 1.94 bits per heavy atom. The van der Waals surface area contributed by atoms with Gasteiger partial charge in [0.15, 0.2) is 0 Å². The lowest BCUT2D eigenvalue weighted by Crippen LogP contribution is -2.30. The van der Waals surface area contributed by atoms with Gasteiger partial charge in [0.2, 0.25) is 0 Å². The number of nitrogens with one attached hydrogen (secondary N) is 1. The second-order valence-electron chi connectivity index (χ2n) is 4.53. The van der Waals surface area contributed by atoms with Crippen molar-refractivity contribution in [2.24, 2.45) is 0 Å². The van der Waals surface area contributed by atoms with Crippen LogP contribution in [-0.2, 0) is 0 Å². The van der Waals surface area contributed by atoms with Crippen LogP contribution in [0.1, 0.15) is 25.7 Å². The Morgan fingerprint density at radius 3 is 2.65 bits per heavy atom. The highest BCUT2D eigenvalue weighted by Gasteiger charge is 2.07. The van der Waals surface area contributed by atoms with E-state index in [-0.39, 0.29) is 0 Å². The molecule has 0 bridgehead atoms. The van der Waals surface area contributed by atoms with E-state index in [1.807, 2.05) is 12.1 Å². The van der Waals surface area contributed by atoms with Crippen molar-refractivity contribution in [2.75, 3.05) is 31.5 Å². The first-order chi connectivity index (χ1) is 8.34. The normalized spacial score (nSPS) is 17.7. The molecule has 1 saturated heterocycles. The summed E-state index contributed by atoms with van der Waals surface area (Å²) in [7, 11) is 0. The molecular formula is C13H20ClN3. The number of rotatable bonds is 4. The summed E-state index contributed by atoms with van der Waals surface area (Å²) in [6.07, 6.45) is 5.46. The van der Waals surface area contributed by atoms with E-state index >= 15 is 0 Å². The summed E-state index contributed by atoms with van der Waals surface area (Å²) in [6, 6.07) is 5.67. The lowest BCUT2D eigenvalue weighted by atomic mass is 10.2. The Balaban J connectivity index is 1.71. The summed E-state index contributed by atoms with van der Waals surface area (Å²) in [4.78, 5) is 6.74. The van der Waals surface area contributed by atoms with Crippen LogP contribution < -0.4 is 5.32 Å². The van der Waals surface area contributed by atoms with Gasteiger partial charge in [-0.05, 0) is 38.1 Å². The summed E-state index contributed by atoms with van der Waals surface area (Å²) in [5, 5.41) is 3.86. The number of nitrogens with zero attached hydrogens (tertiary/aromatic N) is 2. The predicted octanol–water partition coefficient (Wildman–Crippen LogP) is 3.02. The van der Waals surface area contributed by atoms with Gasteiger partial charge in [0.1, 0.15) is 11.0 Å². The molecule has 1 aromatic heterocycles. The molecule has 0 unspecified atom stereocenters. The monoisotopic (exact) mass is 253 g/mol. The molecule has 0 saturated carbocycles. The first-order valence-corrected chi connectivity index (χ1v) is 6.81. The van der Waals surface area contributed by atoms with Crippen LogP contribution in [0.2, 0.25) is 5.15 Å². The molecular weight excluding hydrogens is 234 g/mol. The fourth-order valence-electron chi connectivity index (χ4n) is 2.21. The molecule has 0 radical (unpaired) electrons. The Labute approximate surface area is 108 Å². The number of pyridine rings is 1. The van der Waals surface area contributed by atoms with Gasteiger partial charge in [-0.1, -0.05) is 30.5 Å². The van der Waals surface area contributed by atoms with Crippen molar-refractivity contribution in [3.8, 4) is 0 Å². The van der Waals surface area contributed by atoms with E-state index in [9.17, 15) is 0 Å². The third-order valence-electron chi connectivity index (χ3n) is 3.15. The number of likely N-dealkylation sites (tertiary alicyclic amines) is 1. The van der Waals surface area contributed by atoms with Crippen molar-refractivity contribution in [1.82, 2.24) is 9.88 Å². The Kier molecular flexibility index (Phi) is 5.08. The van der Waals surface area contributed by atoms with E-state index in [1.54, 1.807) is 6.07 Å². The van der Waals surface area contributed by atoms with E-state index < -0.39 is 0 Å². The molecule has 2 rings (SSSR count). The molecule has 1 N–H and O–H groups in total. The zero-order valence-electron chi connectivity index (χ0n) is 10.2. The minimum absolute atomic E-state index is 0.546. The van der Waals surface area contributed by atoms with Crippen molar-refractivity contribution in [1.29, 1.82) is 0 Å². The lowest BCUT2D eigenvalue weighted by Gasteiger charge is -2.19. The van der Waals surface area contributed by atoms with Gasteiger partial charge in [-0.3, -0.25) is 0 Å². The van der Waals surface area contributed by atoms with Crippen molar-refractivity contribution < 1.29 is 0 Å². The predicted molar refractivity (Wildman–Crippen MR) is 72.6 cm³/mol. The SMILES string of the molecule is Clc1cccc(NCCN2CCCCCC2)n1. The number of anilines is 1. The van der Waals surface area contributed by atoms with Gasteiger partial charge in [-0.15, -0.1) is 0 Å². The third kappa shape index (κ3) is 4.52. The highest BCUT2D eigenvalue weighted by molar-refractivity contribution is 6.29. The zero-order valence-corrected chi connectivity index (χ0v) is 10.9. The van der Waals surface area contributed by atoms with Crippen molar-refractivity contribution >= 4 is 17.4 Å². The summed E-state index contributed by atoms with van der Waals surface area (Å²) in [5.74, 6) is 0.868. The van der Waals surface area contributed by atoms with Gasteiger partial charge in [-0.25, -0.2) is 4.98 Å². The molecule has 4 heteroatoms. The van der Waals surface area contributed by atoms with Crippen LogP contribution in [0.5, 0.6) is 0 Å². The van der Waals surface area contributed by atoms with Crippen molar-refractivity contribution in [2.45, 2.75) is 25.7 Å². The Bertz CT molecular complexity index is 335. The standard InChI is InChI=1S/C13H20ClN3/c14-12-6-5-7-13(16-12)15-8-11-17-9-3-1-2-4-10-17/h5-7H,1-4,8-11H2,(H,15,16). The number of hydrogen-bond donors (Lipinski definition) is 1. The highest BCUT2D eigenvalue weighted by Crippen LogP contribution is 2.10. The van der Waals surface area contributed by atoms with Crippen LogP contribution >= 0.6 is 11.6 Å². The zero-order chi connectivity index (χ0) is 11.9. The Hall–Kier alpha value is -0.800. The minimum atomic E-state index is 0.546. The fraction of sp³-hybridized carbons (Fsp3) is 0.615. The molecule has 0 aliphatic carbocycles. The van der Waals surface area contributed by atoms with Crippen molar-refractivity contribution in [3.05, 3.63) is 23.4 Å². The van der Waals surface area contributed by atoms with Gasteiger partial charge in [0.05, 0.1) is 0 Å². The molecule has 94 valence electrons. The van der Waals surface area contributed by atoms with E-state index in [2.05, 4.69) is 15.2 Å². The molecule has 0 aromatic carbocycles. The maximum atomic E-state index is 5.83. The second-order valence-corrected chi connectivity index (χ2v) is 4.92. The second kappa shape index (κ2) is 6.82. The molecule has 17 heavy (non-hydrogen) atoms. The van der Waals surface area contributed by atoms with Gasteiger partial charge in [0, 0.05) is 13.1 Å². The molecule has 1 aliphatic rings. The van der Waals surface area contributed by atoms with Crippen LogP contribution in [0.15, 0.2) is 18.2 Å². The molecule has 0 atom stereocenters. The molecule has 1 fully saturated rings. The maximum Gasteiger partial charge on any atom is 0.131 e.